The Kier molecular flexibility index (Phi) is 4.81. The number of nitrogens with zero attached hydrogens (tertiary/aromatic N) is 3. The Morgan fingerprint density at radius 3 is 2.57 bits per heavy atom. The monoisotopic (exact) mass is 392 g/mol. The fourth-order valence-electron chi connectivity index (χ4n) is 3.89. The first-order valence-corrected chi connectivity index (χ1v) is 9.69. The average Bonchev–Trinajstić information content (AvgIpc) is 3.19. The number of aryl methyl sites for hydroxylation is 1. The molecule has 4 rings (SSSR count). The van der Waals surface area contributed by atoms with E-state index in [0.717, 1.165) is 17.1 Å². The molecule has 6 heteroatoms. The quantitative estimate of drug-likeness (QED) is 0.673. The summed E-state index contributed by atoms with van der Waals surface area (Å²) >= 11 is 5.78. The number of thiocarbonyl (C=S) groups is 1. The van der Waals surface area contributed by atoms with Gasteiger partial charge in [-0.15, -0.1) is 0 Å². The third kappa shape index (κ3) is 3.03. The van der Waals surface area contributed by atoms with Gasteiger partial charge in [0.15, 0.2) is 5.11 Å². The molecule has 0 aliphatic carbocycles. The lowest BCUT2D eigenvalue weighted by Crippen LogP contribution is -2.29. The topological polar surface area (TPSA) is 42.3 Å². The lowest BCUT2D eigenvalue weighted by Gasteiger charge is -2.28. The highest BCUT2D eigenvalue weighted by Gasteiger charge is 2.42. The minimum atomic E-state index is -0.0413. The van der Waals surface area contributed by atoms with Crippen molar-refractivity contribution >= 4 is 23.0 Å². The van der Waals surface area contributed by atoms with Crippen molar-refractivity contribution in [1.29, 1.82) is 0 Å². The van der Waals surface area contributed by atoms with Gasteiger partial charge in [0, 0.05) is 36.4 Å². The molecule has 1 aliphatic rings. The van der Waals surface area contributed by atoms with E-state index < -0.39 is 0 Å². The summed E-state index contributed by atoms with van der Waals surface area (Å²) in [6.45, 7) is 4.28. The van der Waals surface area contributed by atoms with Crippen LogP contribution < -0.4 is 15.0 Å². The zero-order chi connectivity index (χ0) is 19.8. The van der Waals surface area contributed by atoms with E-state index >= 15 is 0 Å². The van der Waals surface area contributed by atoms with Crippen molar-refractivity contribution in [3.8, 4) is 5.75 Å². The zero-order valence-electron chi connectivity index (χ0n) is 16.5. The molecule has 0 bridgehead atoms. The van der Waals surface area contributed by atoms with Crippen LogP contribution in [-0.2, 0) is 7.05 Å². The summed E-state index contributed by atoms with van der Waals surface area (Å²) in [5.41, 5.74) is 5.66. The largest absolute Gasteiger partial charge is 0.497 e. The molecule has 3 aromatic rings. The van der Waals surface area contributed by atoms with Crippen molar-refractivity contribution in [2.24, 2.45) is 7.05 Å². The Bertz CT molecular complexity index is 1010. The average molecular weight is 393 g/mol. The molecular weight excluding hydrogens is 368 g/mol. The molecule has 0 saturated carbocycles. The van der Waals surface area contributed by atoms with Crippen molar-refractivity contribution in [3.05, 3.63) is 77.4 Å². The van der Waals surface area contributed by atoms with Crippen LogP contribution in [0.5, 0.6) is 5.75 Å². The molecule has 1 N–H and O–H groups in total. The van der Waals surface area contributed by atoms with Crippen molar-refractivity contribution < 1.29 is 4.74 Å². The number of methoxy groups -OCH3 is 1. The van der Waals surface area contributed by atoms with Gasteiger partial charge in [-0.3, -0.25) is 4.98 Å². The van der Waals surface area contributed by atoms with Gasteiger partial charge in [0.25, 0.3) is 0 Å². The van der Waals surface area contributed by atoms with E-state index in [2.05, 4.69) is 52.8 Å². The van der Waals surface area contributed by atoms with Gasteiger partial charge in [0.2, 0.25) is 0 Å². The molecule has 144 valence electrons. The number of ether oxygens (including phenoxy) is 1. The van der Waals surface area contributed by atoms with Gasteiger partial charge >= 0.3 is 0 Å². The van der Waals surface area contributed by atoms with Crippen LogP contribution in [0.15, 0.2) is 54.7 Å². The minimum Gasteiger partial charge on any atom is -0.497 e. The molecule has 0 unspecified atom stereocenters. The number of pyridine rings is 1. The van der Waals surface area contributed by atoms with Crippen LogP contribution in [0.2, 0.25) is 0 Å². The second-order valence-corrected chi connectivity index (χ2v) is 7.47. The van der Waals surface area contributed by atoms with E-state index in [9.17, 15) is 0 Å². The maximum absolute atomic E-state index is 5.78. The van der Waals surface area contributed by atoms with Crippen LogP contribution in [0.1, 0.15) is 34.7 Å². The smallest absolute Gasteiger partial charge is 0.174 e. The van der Waals surface area contributed by atoms with Crippen LogP contribution >= 0.6 is 12.2 Å². The normalized spacial score (nSPS) is 19.0. The molecule has 28 heavy (non-hydrogen) atoms. The molecular formula is C22H24N4OS. The minimum absolute atomic E-state index is 0.00518. The van der Waals surface area contributed by atoms with Gasteiger partial charge in [-0.2, -0.15) is 0 Å². The Balaban J connectivity index is 1.88. The summed E-state index contributed by atoms with van der Waals surface area (Å²) in [4.78, 5) is 6.79. The van der Waals surface area contributed by atoms with E-state index in [4.69, 9.17) is 17.0 Å². The standard InChI is InChI=1S/C22H24N4OS/c1-14-12-18(15(2)25(14)3)21-20(19-10-5-6-11-23-19)24-22(28)26(21)16-8-7-9-17(13-16)27-4/h5-13,20-21H,1-4H3,(H,24,28)/t20-,21+/m1/s1. The van der Waals surface area contributed by atoms with E-state index in [1.54, 1.807) is 7.11 Å². The van der Waals surface area contributed by atoms with Crippen molar-refractivity contribution in [3.63, 3.8) is 0 Å². The van der Waals surface area contributed by atoms with Crippen LogP contribution in [0.25, 0.3) is 0 Å². The van der Waals surface area contributed by atoms with Crippen molar-refractivity contribution in [2.45, 2.75) is 25.9 Å². The third-order valence-corrected chi connectivity index (χ3v) is 5.88. The van der Waals surface area contributed by atoms with Gasteiger partial charge in [0.1, 0.15) is 5.75 Å². The zero-order valence-corrected chi connectivity index (χ0v) is 17.3. The van der Waals surface area contributed by atoms with E-state index in [-0.39, 0.29) is 12.1 Å². The molecule has 2 atom stereocenters. The Hall–Kier alpha value is -2.86. The summed E-state index contributed by atoms with van der Waals surface area (Å²) < 4.78 is 7.66. The molecule has 1 saturated heterocycles. The first-order chi connectivity index (χ1) is 13.5. The van der Waals surface area contributed by atoms with Gasteiger partial charge in [-0.05, 0) is 62.0 Å². The molecule has 0 amide bonds. The Morgan fingerprint density at radius 2 is 1.93 bits per heavy atom. The first-order valence-electron chi connectivity index (χ1n) is 9.28. The summed E-state index contributed by atoms with van der Waals surface area (Å²) in [6, 6.07) is 16.2. The maximum atomic E-state index is 5.78. The van der Waals surface area contributed by atoms with E-state index in [1.807, 2.05) is 42.6 Å². The summed E-state index contributed by atoms with van der Waals surface area (Å²) in [7, 11) is 3.78. The lowest BCUT2D eigenvalue weighted by atomic mass is 9.96. The molecule has 1 aromatic carbocycles. The van der Waals surface area contributed by atoms with Crippen LogP contribution in [0.3, 0.4) is 0 Å². The van der Waals surface area contributed by atoms with Gasteiger partial charge in [-0.25, -0.2) is 0 Å². The predicted octanol–water partition coefficient (Wildman–Crippen LogP) is 4.22. The third-order valence-electron chi connectivity index (χ3n) is 5.56. The van der Waals surface area contributed by atoms with Crippen LogP contribution in [0.4, 0.5) is 5.69 Å². The number of rotatable bonds is 4. The number of anilines is 1. The highest BCUT2D eigenvalue weighted by Crippen LogP contribution is 2.43. The highest BCUT2D eigenvalue weighted by atomic mass is 32.1. The van der Waals surface area contributed by atoms with Crippen LogP contribution in [0, 0.1) is 13.8 Å². The van der Waals surface area contributed by atoms with Crippen molar-refractivity contribution in [1.82, 2.24) is 14.9 Å². The second kappa shape index (κ2) is 7.28. The number of hydrogen-bond donors (Lipinski definition) is 1. The predicted molar refractivity (Wildman–Crippen MR) is 116 cm³/mol. The summed E-state index contributed by atoms with van der Waals surface area (Å²) in [5.74, 6) is 0.807. The highest BCUT2D eigenvalue weighted by molar-refractivity contribution is 7.80. The second-order valence-electron chi connectivity index (χ2n) is 7.08. The lowest BCUT2D eigenvalue weighted by molar-refractivity contribution is 0.415. The molecule has 1 aliphatic heterocycles. The molecule has 3 heterocycles. The SMILES string of the molecule is COc1cccc(N2C(=S)N[C@H](c3ccccn3)[C@@H]2c2cc(C)n(C)c2C)c1. The van der Waals surface area contributed by atoms with Gasteiger partial charge in [0.05, 0.1) is 24.9 Å². The molecule has 0 spiro atoms. The van der Waals surface area contributed by atoms with Crippen LogP contribution in [-0.4, -0.2) is 21.8 Å². The van der Waals surface area contributed by atoms with Crippen molar-refractivity contribution in [2.75, 3.05) is 12.0 Å². The molecule has 2 aromatic heterocycles. The number of aromatic nitrogens is 2. The molecule has 0 radical (unpaired) electrons. The fraction of sp³-hybridized carbons (Fsp3) is 0.273. The number of benzene rings is 1. The Morgan fingerprint density at radius 1 is 1.11 bits per heavy atom. The maximum Gasteiger partial charge on any atom is 0.174 e. The Labute approximate surface area is 171 Å². The number of nitrogens with one attached hydrogen (secondary N) is 1. The first kappa shape index (κ1) is 18.5. The molecule has 1 fully saturated rings. The fourth-order valence-corrected chi connectivity index (χ4v) is 4.24. The van der Waals surface area contributed by atoms with Gasteiger partial charge < -0.3 is 19.5 Å². The molecule has 5 nitrogen and oxygen atoms in total. The summed E-state index contributed by atoms with van der Waals surface area (Å²) in [5, 5.41) is 4.20. The van der Waals surface area contributed by atoms with Gasteiger partial charge in [-0.1, -0.05) is 12.1 Å². The number of hydrogen-bond acceptors (Lipinski definition) is 3. The summed E-state index contributed by atoms with van der Waals surface area (Å²) in [6.07, 6.45) is 1.83. The van der Waals surface area contributed by atoms with E-state index in [0.29, 0.717) is 5.11 Å². The van der Waals surface area contributed by atoms with E-state index in [1.165, 1.54) is 17.0 Å².